The Hall–Kier alpha value is -2.72. The zero-order chi connectivity index (χ0) is 19.9. The number of nitrogens with one attached hydrogen (secondary N) is 1. The van der Waals surface area contributed by atoms with Gasteiger partial charge in [0.2, 0.25) is 0 Å². The van der Waals surface area contributed by atoms with E-state index in [1.54, 1.807) is 6.21 Å². The lowest BCUT2D eigenvalue weighted by Gasteiger charge is -2.09. The molecule has 142 valence electrons. The first kappa shape index (κ1) is 20.0. The largest absolute Gasteiger partial charge is 0.488 e. The van der Waals surface area contributed by atoms with Crippen LogP contribution in [0.3, 0.4) is 0 Å². The zero-order valence-electron chi connectivity index (χ0n) is 14.4. The molecule has 0 unspecified atom stereocenters. The van der Waals surface area contributed by atoms with Crippen molar-refractivity contribution in [2.75, 3.05) is 5.43 Å². The van der Waals surface area contributed by atoms with E-state index in [9.17, 15) is 10.1 Å². The molecule has 0 spiro atoms. The Bertz CT molecular complexity index is 995. The molecule has 0 radical (unpaired) electrons. The lowest BCUT2D eigenvalue weighted by Crippen LogP contribution is -1.98. The molecule has 9 heteroatoms. The molecule has 7 nitrogen and oxygen atoms in total. The zero-order valence-corrected chi connectivity index (χ0v) is 17.3. The Kier molecular flexibility index (Phi) is 6.77. The highest BCUT2D eigenvalue weighted by Crippen LogP contribution is 2.23. The van der Waals surface area contributed by atoms with E-state index in [0.29, 0.717) is 17.4 Å². The molecule has 1 N–H and O–H groups in total. The maximum atomic E-state index is 10.6. The molecule has 0 amide bonds. The Morgan fingerprint density at radius 1 is 1.21 bits per heavy atom. The fourth-order valence-electron chi connectivity index (χ4n) is 2.19. The maximum Gasteiger partial charge on any atom is 0.287 e. The van der Waals surface area contributed by atoms with Gasteiger partial charge in [-0.15, -0.1) is 0 Å². The first-order valence-corrected chi connectivity index (χ1v) is 9.53. The minimum absolute atomic E-state index is 0.0710. The van der Waals surface area contributed by atoms with Crippen molar-refractivity contribution in [1.82, 2.24) is 4.98 Å². The summed E-state index contributed by atoms with van der Waals surface area (Å²) in [7, 11) is 0. The summed E-state index contributed by atoms with van der Waals surface area (Å²) < 4.78 is 6.79. The lowest BCUT2D eigenvalue weighted by molar-refractivity contribution is -0.385. The van der Waals surface area contributed by atoms with Crippen molar-refractivity contribution >= 4 is 51.9 Å². The van der Waals surface area contributed by atoms with Gasteiger partial charge in [0.15, 0.2) is 0 Å². The van der Waals surface area contributed by atoms with Crippen LogP contribution in [0.25, 0.3) is 0 Å². The molecule has 0 aliphatic heterocycles. The highest BCUT2D eigenvalue weighted by Gasteiger charge is 2.05. The van der Waals surface area contributed by atoms with E-state index >= 15 is 0 Å². The van der Waals surface area contributed by atoms with Crippen molar-refractivity contribution in [3.05, 3.63) is 90.6 Å². The van der Waals surface area contributed by atoms with Gasteiger partial charge >= 0.3 is 0 Å². The molecule has 0 fully saturated rings. The number of hydrogen-bond acceptors (Lipinski definition) is 6. The second kappa shape index (κ2) is 9.47. The number of nitro groups is 1. The summed E-state index contributed by atoms with van der Waals surface area (Å²) in [5.41, 5.74) is 4.57. The van der Waals surface area contributed by atoms with Gasteiger partial charge in [0.05, 0.1) is 14.7 Å². The second-order valence-corrected chi connectivity index (χ2v) is 7.23. The quantitative estimate of drug-likeness (QED) is 0.203. The highest BCUT2D eigenvalue weighted by molar-refractivity contribution is 14.1. The van der Waals surface area contributed by atoms with Crippen LogP contribution in [0.2, 0.25) is 5.02 Å². The summed E-state index contributed by atoms with van der Waals surface area (Å²) in [6.45, 7) is 0.452. The molecule has 0 aliphatic rings. The van der Waals surface area contributed by atoms with Crippen LogP contribution in [0.4, 0.5) is 11.5 Å². The average molecular weight is 509 g/mol. The van der Waals surface area contributed by atoms with Gasteiger partial charge in [-0.1, -0.05) is 23.7 Å². The molecule has 1 heterocycles. The van der Waals surface area contributed by atoms with Gasteiger partial charge in [-0.3, -0.25) is 15.5 Å². The summed E-state index contributed by atoms with van der Waals surface area (Å²) in [6.07, 6.45) is 2.81. The van der Waals surface area contributed by atoms with E-state index in [4.69, 9.17) is 16.3 Å². The van der Waals surface area contributed by atoms with Gasteiger partial charge in [-0.25, -0.2) is 4.98 Å². The Morgan fingerprint density at radius 3 is 2.64 bits per heavy atom. The predicted octanol–water partition coefficient (Wildman–Crippen LogP) is 5.27. The molecule has 0 bridgehead atoms. The molecule has 0 aliphatic carbocycles. The first-order chi connectivity index (χ1) is 13.5. The fraction of sp³-hybridized carbons (Fsp3) is 0.0526. The molecule has 0 atom stereocenters. The number of ether oxygens (including phenoxy) is 1. The van der Waals surface area contributed by atoms with E-state index in [-0.39, 0.29) is 5.69 Å². The van der Waals surface area contributed by atoms with Crippen molar-refractivity contribution in [3.63, 3.8) is 0 Å². The van der Waals surface area contributed by atoms with Gasteiger partial charge in [0.25, 0.3) is 5.69 Å². The van der Waals surface area contributed by atoms with Crippen LogP contribution in [0.1, 0.15) is 11.1 Å². The molecule has 0 saturated heterocycles. The second-order valence-electron chi connectivity index (χ2n) is 5.63. The Labute approximate surface area is 179 Å². The number of hydrazone groups is 1. The van der Waals surface area contributed by atoms with Crippen molar-refractivity contribution in [2.24, 2.45) is 5.10 Å². The predicted molar refractivity (Wildman–Crippen MR) is 117 cm³/mol. The topological polar surface area (TPSA) is 89.7 Å². The molecular formula is C19H14ClIN4O3. The molecule has 28 heavy (non-hydrogen) atoms. The third kappa shape index (κ3) is 5.64. The van der Waals surface area contributed by atoms with Crippen LogP contribution in [0.5, 0.6) is 5.75 Å². The minimum Gasteiger partial charge on any atom is -0.488 e. The standard InChI is InChI=1S/C19H14ClIN4O3/c20-15-4-1-13(2-5-15)12-28-18-7-3-14(9-17(18)21)10-23-24-19-8-6-16(11-22-19)25(26)27/h1-11H,12H2,(H,22,24)/b23-10+. The monoisotopic (exact) mass is 508 g/mol. The number of benzene rings is 2. The van der Waals surface area contributed by atoms with Gasteiger partial charge in [0.1, 0.15) is 24.4 Å². The van der Waals surface area contributed by atoms with E-state index in [1.807, 2.05) is 42.5 Å². The van der Waals surface area contributed by atoms with Gasteiger partial charge in [-0.05, 0) is 70.1 Å². The smallest absolute Gasteiger partial charge is 0.287 e. The SMILES string of the molecule is O=[N+]([O-])c1ccc(N/N=C/c2ccc(OCc3ccc(Cl)cc3)c(I)c2)nc1. The molecular weight excluding hydrogens is 495 g/mol. The Morgan fingerprint density at radius 2 is 2.00 bits per heavy atom. The van der Waals surface area contributed by atoms with Crippen LogP contribution in [0.15, 0.2) is 65.9 Å². The number of nitrogens with zero attached hydrogens (tertiary/aromatic N) is 3. The maximum absolute atomic E-state index is 10.6. The summed E-state index contributed by atoms with van der Waals surface area (Å²) >= 11 is 8.08. The molecule has 2 aromatic carbocycles. The van der Waals surface area contributed by atoms with Crippen molar-refractivity contribution in [1.29, 1.82) is 0 Å². The first-order valence-electron chi connectivity index (χ1n) is 8.07. The normalized spacial score (nSPS) is 10.8. The van der Waals surface area contributed by atoms with Gasteiger partial charge in [0, 0.05) is 11.1 Å². The van der Waals surface area contributed by atoms with Crippen LogP contribution in [0, 0.1) is 13.7 Å². The third-order valence-electron chi connectivity index (χ3n) is 3.61. The number of pyridine rings is 1. The highest BCUT2D eigenvalue weighted by atomic mass is 127. The number of hydrogen-bond donors (Lipinski definition) is 1. The summed E-state index contributed by atoms with van der Waals surface area (Å²) in [6, 6.07) is 16.1. The van der Waals surface area contributed by atoms with E-state index < -0.39 is 4.92 Å². The Balaban J connectivity index is 1.57. The molecule has 1 aromatic heterocycles. The molecule has 3 aromatic rings. The van der Waals surface area contributed by atoms with E-state index in [0.717, 1.165) is 20.4 Å². The summed E-state index contributed by atoms with van der Waals surface area (Å²) in [5.74, 6) is 1.19. The number of rotatable bonds is 7. The fourth-order valence-corrected chi connectivity index (χ4v) is 3.01. The number of aromatic nitrogens is 1. The third-order valence-corrected chi connectivity index (χ3v) is 4.71. The van der Waals surface area contributed by atoms with Crippen LogP contribution >= 0.6 is 34.2 Å². The minimum atomic E-state index is -0.501. The van der Waals surface area contributed by atoms with Crippen LogP contribution in [-0.2, 0) is 6.61 Å². The summed E-state index contributed by atoms with van der Waals surface area (Å²) in [5, 5.41) is 15.4. The molecule has 3 rings (SSSR count). The summed E-state index contributed by atoms with van der Waals surface area (Å²) in [4.78, 5) is 14.0. The van der Waals surface area contributed by atoms with Gasteiger partial charge in [-0.2, -0.15) is 5.10 Å². The van der Waals surface area contributed by atoms with Crippen molar-refractivity contribution in [3.8, 4) is 5.75 Å². The van der Waals surface area contributed by atoms with E-state index in [2.05, 4.69) is 38.1 Å². The average Bonchev–Trinajstić information content (AvgIpc) is 2.69. The lowest BCUT2D eigenvalue weighted by atomic mass is 10.2. The van der Waals surface area contributed by atoms with Gasteiger partial charge < -0.3 is 4.74 Å². The van der Waals surface area contributed by atoms with Crippen molar-refractivity contribution < 1.29 is 9.66 Å². The number of halogens is 2. The van der Waals surface area contributed by atoms with Crippen LogP contribution in [-0.4, -0.2) is 16.1 Å². The number of anilines is 1. The van der Waals surface area contributed by atoms with Crippen LogP contribution < -0.4 is 10.2 Å². The molecule has 0 saturated carbocycles. The van der Waals surface area contributed by atoms with Crippen molar-refractivity contribution in [2.45, 2.75) is 6.61 Å². The van der Waals surface area contributed by atoms with E-state index in [1.165, 1.54) is 18.3 Å².